The Morgan fingerprint density at radius 3 is 2.63 bits per heavy atom. The van der Waals surface area contributed by atoms with Crippen LogP contribution >= 0.6 is 35.3 Å². The van der Waals surface area contributed by atoms with Gasteiger partial charge in [0.05, 0.1) is 5.01 Å². The topological polar surface area (TPSA) is 58.5 Å². The quantitative estimate of drug-likeness (QED) is 0.334. The minimum Gasteiger partial charge on any atom is -0.484 e. The van der Waals surface area contributed by atoms with Crippen molar-refractivity contribution in [2.45, 2.75) is 26.1 Å². The van der Waals surface area contributed by atoms with Crippen LogP contribution in [0.4, 0.5) is 13.2 Å². The summed E-state index contributed by atoms with van der Waals surface area (Å²) in [4.78, 5) is 9.57. The Morgan fingerprint density at radius 1 is 1.26 bits per heavy atom. The summed E-state index contributed by atoms with van der Waals surface area (Å²) in [5.74, 6) is 0.759. The minimum atomic E-state index is -4.37. The number of halogens is 4. The molecule has 5 nitrogen and oxygen atoms in total. The van der Waals surface area contributed by atoms with Crippen molar-refractivity contribution in [3.05, 3.63) is 45.9 Å². The molecular formula is C17H22F3IN4OS. The molecule has 27 heavy (non-hydrogen) atoms. The van der Waals surface area contributed by atoms with Gasteiger partial charge in [0, 0.05) is 43.2 Å². The van der Waals surface area contributed by atoms with Gasteiger partial charge in [-0.15, -0.1) is 35.3 Å². The molecule has 2 rings (SSSR count). The number of aryl methyl sites for hydroxylation is 1. The van der Waals surface area contributed by atoms with Crippen LogP contribution in [0.5, 0.6) is 5.75 Å². The molecule has 0 spiro atoms. The zero-order valence-corrected chi connectivity index (χ0v) is 18.1. The third-order valence-electron chi connectivity index (χ3n) is 3.33. The zero-order chi connectivity index (χ0) is 19.0. The molecule has 0 aliphatic rings. The summed E-state index contributed by atoms with van der Waals surface area (Å²) >= 11 is 1.65. The lowest BCUT2D eigenvalue weighted by atomic mass is 10.2. The van der Waals surface area contributed by atoms with Gasteiger partial charge in [-0.3, -0.25) is 4.99 Å². The van der Waals surface area contributed by atoms with Gasteiger partial charge < -0.3 is 15.4 Å². The van der Waals surface area contributed by atoms with Crippen molar-refractivity contribution in [2.24, 2.45) is 4.99 Å². The smallest absolute Gasteiger partial charge is 0.422 e. The number of benzene rings is 1. The molecule has 1 heterocycles. The first-order chi connectivity index (χ1) is 12.4. The molecule has 2 N–H and O–H groups in total. The number of rotatable bonds is 7. The van der Waals surface area contributed by atoms with Crippen molar-refractivity contribution >= 4 is 41.3 Å². The first kappa shape index (κ1) is 23.5. The highest BCUT2D eigenvalue weighted by atomic mass is 127. The van der Waals surface area contributed by atoms with Crippen LogP contribution in [0, 0.1) is 6.92 Å². The molecule has 0 aliphatic carbocycles. The SMILES string of the molecule is CN=C(NCCc1ncc(C)s1)NCc1ccccc1OCC(F)(F)F.I. The van der Waals surface area contributed by atoms with E-state index in [1.54, 1.807) is 36.6 Å². The third kappa shape index (κ3) is 8.78. The van der Waals surface area contributed by atoms with Crippen molar-refractivity contribution in [3.8, 4) is 5.75 Å². The lowest BCUT2D eigenvalue weighted by Gasteiger charge is -2.15. The maximum absolute atomic E-state index is 12.3. The Bertz CT molecular complexity index is 737. The maximum atomic E-state index is 12.3. The largest absolute Gasteiger partial charge is 0.484 e. The van der Waals surface area contributed by atoms with Gasteiger partial charge in [-0.25, -0.2) is 4.98 Å². The summed E-state index contributed by atoms with van der Waals surface area (Å²) in [6, 6.07) is 6.62. The van der Waals surface area contributed by atoms with Crippen molar-refractivity contribution in [1.82, 2.24) is 15.6 Å². The average molecular weight is 514 g/mol. The Morgan fingerprint density at radius 2 is 2.00 bits per heavy atom. The second-order valence-corrected chi connectivity index (χ2v) is 6.80. The Labute approximate surface area is 177 Å². The predicted octanol–water partition coefficient (Wildman–Crippen LogP) is 3.92. The fourth-order valence-electron chi connectivity index (χ4n) is 2.15. The molecule has 0 fully saturated rings. The van der Waals surface area contributed by atoms with Gasteiger partial charge in [0.15, 0.2) is 12.6 Å². The molecule has 150 valence electrons. The Balaban J connectivity index is 0.00000364. The van der Waals surface area contributed by atoms with Crippen LogP contribution in [-0.2, 0) is 13.0 Å². The first-order valence-corrected chi connectivity index (χ1v) is 8.82. The number of guanidine groups is 1. The fraction of sp³-hybridized carbons (Fsp3) is 0.412. The van der Waals surface area contributed by atoms with E-state index in [-0.39, 0.29) is 29.7 Å². The normalized spacial score (nSPS) is 11.7. The number of hydrogen-bond acceptors (Lipinski definition) is 4. The van der Waals surface area contributed by atoms with Gasteiger partial charge >= 0.3 is 6.18 Å². The zero-order valence-electron chi connectivity index (χ0n) is 15.0. The number of para-hydroxylation sites is 1. The maximum Gasteiger partial charge on any atom is 0.422 e. The Kier molecular flexibility index (Phi) is 9.84. The van der Waals surface area contributed by atoms with Crippen LogP contribution < -0.4 is 15.4 Å². The molecule has 0 unspecified atom stereocenters. The van der Waals surface area contributed by atoms with E-state index in [1.807, 2.05) is 13.1 Å². The standard InChI is InChI=1S/C17H21F3N4OS.HI/c1-12-9-23-15(26-12)7-8-22-16(21-2)24-10-13-5-3-4-6-14(13)25-11-17(18,19)20;/h3-6,9H,7-8,10-11H2,1-2H3,(H2,21,22,24);1H. The van der Waals surface area contributed by atoms with Crippen LogP contribution in [-0.4, -0.2) is 37.3 Å². The molecule has 0 saturated carbocycles. The number of aromatic nitrogens is 1. The monoisotopic (exact) mass is 514 g/mol. The number of nitrogens with one attached hydrogen (secondary N) is 2. The van der Waals surface area contributed by atoms with Crippen LogP contribution in [0.1, 0.15) is 15.4 Å². The molecule has 1 aromatic carbocycles. The van der Waals surface area contributed by atoms with E-state index in [0.29, 0.717) is 24.6 Å². The molecule has 0 atom stereocenters. The predicted molar refractivity (Wildman–Crippen MR) is 112 cm³/mol. The second kappa shape index (κ2) is 11.3. The number of hydrogen-bond donors (Lipinski definition) is 2. The van der Waals surface area contributed by atoms with Crippen molar-refractivity contribution < 1.29 is 17.9 Å². The molecule has 2 aromatic rings. The third-order valence-corrected chi connectivity index (χ3v) is 4.31. The van der Waals surface area contributed by atoms with Crippen molar-refractivity contribution in [2.75, 3.05) is 20.2 Å². The molecule has 0 amide bonds. The van der Waals surface area contributed by atoms with E-state index >= 15 is 0 Å². The van der Waals surface area contributed by atoms with E-state index in [1.165, 1.54) is 6.07 Å². The summed E-state index contributed by atoms with van der Waals surface area (Å²) in [7, 11) is 1.63. The lowest BCUT2D eigenvalue weighted by Crippen LogP contribution is -2.38. The van der Waals surface area contributed by atoms with E-state index in [9.17, 15) is 13.2 Å². The van der Waals surface area contributed by atoms with E-state index in [2.05, 4.69) is 20.6 Å². The number of ether oxygens (including phenoxy) is 1. The van der Waals surface area contributed by atoms with Crippen LogP contribution in [0.3, 0.4) is 0 Å². The highest BCUT2D eigenvalue weighted by Gasteiger charge is 2.28. The average Bonchev–Trinajstić information content (AvgIpc) is 3.01. The Hall–Kier alpha value is -1.56. The second-order valence-electron chi connectivity index (χ2n) is 5.48. The summed E-state index contributed by atoms with van der Waals surface area (Å²) in [6.45, 7) is 1.64. The van der Waals surface area contributed by atoms with Gasteiger partial charge in [-0.2, -0.15) is 13.2 Å². The van der Waals surface area contributed by atoms with Gasteiger partial charge in [-0.1, -0.05) is 18.2 Å². The highest BCUT2D eigenvalue weighted by Crippen LogP contribution is 2.22. The van der Waals surface area contributed by atoms with Gasteiger partial charge in [0.1, 0.15) is 5.75 Å². The molecule has 0 radical (unpaired) electrons. The van der Waals surface area contributed by atoms with Crippen LogP contribution in [0.15, 0.2) is 35.5 Å². The molecule has 0 saturated heterocycles. The van der Waals surface area contributed by atoms with E-state index in [0.717, 1.165) is 16.3 Å². The fourth-order valence-corrected chi connectivity index (χ4v) is 2.94. The summed E-state index contributed by atoms with van der Waals surface area (Å²) in [5, 5.41) is 7.27. The van der Waals surface area contributed by atoms with E-state index in [4.69, 9.17) is 4.74 Å². The minimum absolute atomic E-state index is 0. The van der Waals surface area contributed by atoms with Gasteiger partial charge in [0.25, 0.3) is 0 Å². The van der Waals surface area contributed by atoms with E-state index < -0.39 is 12.8 Å². The van der Waals surface area contributed by atoms with Gasteiger partial charge in [0.2, 0.25) is 0 Å². The molecule has 1 aromatic heterocycles. The molecular weight excluding hydrogens is 492 g/mol. The molecule has 0 bridgehead atoms. The molecule has 10 heteroatoms. The number of thiazole rings is 1. The number of aliphatic imine (C=N–C) groups is 1. The summed E-state index contributed by atoms with van der Waals surface area (Å²) < 4.78 is 41.9. The van der Waals surface area contributed by atoms with Gasteiger partial charge in [-0.05, 0) is 13.0 Å². The van der Waals surface area contributed by atoms with Crippen molar-refractivity contribution in [3.63, 3.8) is 0 Å². The van der Waals surface area contributed by atoms with Crippen LogP contribution in [0.2, 0.25) is 0 Å². The lowest BCUT2D eigenvalue weighted by molar-refractivity contribution is -0.153. The van der Waals surface area contributed by atoms with Crippen LogP contribution in [0.25, 0.3) is 0 Å². The first-order valence-electron chi connectivity index (χ1n) is 8.00. The summed E-state index contributed by atoms with van der Waals surface area (Å²) in [6.07, 6.45) is -1.76. The highest BCUT2D eigenvalue weighted by molar-refractivity contribution is 14.0. The van der Waals surface area contributed by atoms with Crippen molar-refractivity contribution in [1.29, 1.82) is 0 Å². The number of alkyl halides is 3. The summed E-state index contributed by atoms with van der Waals surface area (Å²) in [5.41, 5.74) is 0.621. The molecule has 0 aliphatic heterocycles. The number of nitrogens with zero attached hydrogens (tertiary/aromatic N) is 2.